The third kappa shape index (κ3) is 4.42. The maximum Gasteiger partial charge on any atom is 0.435 e. The zero-order valence-electron chi connectivity index (χ0n) is 14.6. The lowest BCUT2D eigenvalue weighted by Crippen LogP contribution is -2.21. The monoisotopic (exact) mass is 428 g/mol. The van der Waals surface area contributed by atoms with E-state index in [1.165, 1.54) is 18.2 Å². The summed E-state index contributed by atoms with van der Waals surface area (Å²) in [7, 11) is -3.59. The molecule has 0 radical (unpaired) electrons. The number of hydrogen-bond acceptors (Lipinski definition) is 5. The van der Waals surface area contributed by atoms with Crippen LogP contribution < -0.4 is 5.32 Å². The second kappa shape index (κ2) is 7.28. The Labute approximate surface area is 161 Å². The fraction of sp³-hybridized carbons (Fsp3) is 0.118. The van der Waals surface area contributed by atoms with Gasteiger partial charge < -0.3 is 5.32 Å². The van der Waals surface area contributed by atoms with Crippen LogP contribution in [0.3, 0.4) is 0 Å². The third-order valence-corrected chi connectivity index (χ3v) is 4.86. The van der Waals surface area contributed by atoms with Crippen LogP contribution in [0.1, 0.15) is 16.2 Å². The number of benzene rings is 2. The fourth-order valence-electron chi connectivity index (χ4n) is 2.45. The Balaban J connectivity index is 2.01. The van der Waals surface area contributed by atoms with Gasteiger partial charge in [-0.2, -0.15) is 13.2 Å². The summed E-state index contributed by atoms with van der Waals surface area (Å²) < 4.78 is 77.4. The van der Waals surface area contributed by atoms with E-state index in [-0.39, 0.29) is 16.3 Å². The smallest absolute Gasteiger partial charge is 0.320 e. The number of nitrogens with zero attached hydrogens (tertiary/aromatic N) is 3. The molecule has 0 unspecified atom stereocenters. The number of rotatable bonds is 4. The molecule has 1 aromatic heterocycles. The Bertz CT molecular complexity index is 1170. The first-order chi connectivity index (χ1) is 13.5. The van der Waals surface area contributed by atoms with Crippen LogP contribution in [-0.2, 0) is 16.0 Å². The molecule has 1 N–H and O–H groups in total. The van der Waals surface area contributed by atoms with Crippen LogP contribution in [0.2, 0.25) is 0 Å². The summed E-state index contributed by atoms with van der Waals surface area (Å²) in [6, 6.07) is 8.99. The molecule has 0 atom stereocenters. The molecule has 0 saturated heterocycles. The van der Waals surface area contributed by atoms with Gasteiger partial charge in [0.15, 0.2) is 21.2 Å². The zero-order valence-corrected chi connectivity index (χ0v) is 15.4. The lowest BCUT2D eigenvalue weighted by molar-refractivity contribution is -0.143. The van der Waals surface area contributed by atoms with Gasteiger partial charge in [0.1, 0.15) is 5.82 Å². The van der Waals surface area contributed by atoms with E-state index in [4.69, 9.17) is 0 Å². The lowest BCUT2D eigenvalue weighted by atomic mass is 10.2. The third-order valence-electron chi connectivity index (χ3n) is 3.75. The molecule has 0 saturated carbocycles. The SMILES string of the molecule is CS(=O)(=O)c1cccc(NC(=O)c2nnn(-c3ccc(F)cc3)c2C(F)(F)F)c1. The summed E-state index contributed by atoms with van der Waals surface area (Å²) in [6.45, 7) is 0. The number of alkyl halides is 3. The van der Waals surface area contributed by atoms with Gasteiger partial charge >= 0.3 is 6.18 Å². The summed E-state index contributed by atoms with van der Waals surface area (Å²) in [5.74, 6) is -1.90. The molecular weight excluding hydrogens is 416 g/mol. The minimum Gasteiger partial charge on any atom is -0.320 e. The van der Waals surface area contributed by atoms with E-state index in [2.05, 4.69) is 15.6 Å². The molecule has 12 heteroatoms. The van der Waals surface area contributed by atoms with Gasteiger partial charge in [-0.15, -0.1) is 5.10 Å². The van der Waals surface area contributed by atoms with E-state index < -0.39 is 39.1 Å². The fourth-order valence-corrected chi connectivity index (χ4v) is 3.11. The average molecular weight is 428 g/mol. The summed E-state index contributed by atoms with van der Waals surface area (Å²) >= 11 is 0. The topological polar surface area (TPSA) is 93.9 Å². The number of amides is 1. The quantitative estimate of drug-likeness (QED) is 0.645. The normalized spacial score (nSPS) is 12.0. The molecule has 0 fully saturated rings. The summed E-state index contributed by atoms with van der Waals surface area (Å²) in [5, 5.41) is 8.87. The van der Waals surface area contributed by atoms with Crippen LogP contribution in [0.15, 0.2) is 53.4 Å². The van der Waals surface area contributed by atoms with Crippen LogP contribution in [0, 0.1) is 5.82 Å². The maximum absolute atomic E-state index is 13.6. The van der Waals surface area contributed by atoms with E-state index in [1.54, 1.807) is 0 Å². The molecule has 2 aromatic carbocycles. The molecule has 152 valence electrons. The van der Waals surface area contributed by atoms with Crippen molar-refractivity contribution >= 4 is 21.4 Å². The standard InChI is InChI=1S/C17H12F4N4O3S/c1-29(27,28)13-4-2-3-11(9-13)22-16(26)14-15(17(19,20)21)25(24-23-14)12-7-5-10(18)6-8-12/h2-9H,1H3,(H,22,26). The van der Waals surface area contributed by atoms with E-state index in [0.717, 1.165) is 36.6 Å². The zero-order chi connectivity index (χ0) is 21.4. The molecule has 1 amide bonds. The lowest BCUT2D eigenvalue weighted by Gasteiger charge is -2.11. The first-order valence-electron chi connectivity index (χ1n) is 7.87. The van der Waals surface area contributed by atoms with Crippen molar-refractivity contribution in [1.82, 2.24) is 15.0 Å². The number of sulfone groups is 1. The van der Waals surface area contributed by atoms with Gasteiger partial charge in [0.2, 0.25) is 0 Å². The molecule has 1 heterocycles. The van der Waals surface area contributed by atoms with Gasteiger partial charge in [0, 0.05) is 11.9 Å². The van der Waals surface area contributed by atoms with Crippen molar-refractivity contribution in [2.24, 2.45) is 0 Å². The molecule has 7 nitrogen and oxygen atoms in total. The van der Waals surface area contributed by atoms with Crippen LogP contribution in [-0.4, -0.2) is 35.6 Å². The van der Waals surface area contributed by atoms with Gasteiger partial charge in [0.05, 0.1) is 10.6 Å². The Morgan fingerprint density at radius 2 is 1.76 bits per heavy atom. The second-order valence-corrected chi connectivity index (χ2v) is 7.94. The Kier molecular flexibility index (Phi) is 5.13. The highest BCUT2D eigenvalue weighted by atomic mass is 32.2. The first kappa shape index (κ1) is 20.5. The molecule has 0 bridgehead atoms. The van der Waals surface area contributed by atoms with Crippen molar-refractivity contribution in [1.29, 1.82) is 0 Å². The molecule has 0 aliphatic rings. The Morgan fingerprint density at radius 3 is 2.34 bits per heavy atom. The van der Waals surface area contributed by atoms with Crippen LogP contribution in [0.25, 0.3) is 5.69 Å². The molecule has 3 aromatic rings. The van der Waals surface area contributed by atoms with Gasteiger partial charge in [-0.1, -0.05) is 11.3 Å². The van der Waals surface area contributed by atoms with Gasteiger partial charge in [-0.3, -0.25) is 4.79 Å². The molecule has 0 aliphatic carbocycles. The number of carbonyl (C=O) groups is 1. The van der Waals surface area contributed by atoms with Crippen molar-refractivity contribution in [3.63, 3.8) is 0 Å². The van der Waals surface area contributed by atoms with Gasteiger partial charge in [0.25, 0.3) is 5.91 Å². The highest BCUT2D eigenvalue weighted by Crippen LogP contribution is 2.33. The number of anilines is 1. The number of carbonyl (C=O) groups excluding carboxylic acids is 1. The van der Waals surface area contributed by atoms with Gasteiger partial charge in [-0.05, 0) is 42.5 Å². The van der Waals surface area contributed by atoms with Crippen molar-refractivity contribution in [3.8, 4) is 5.69 Å². The molecular formula is C17H12F4N4O3S. The number of halogens is 4. The molecule has 3 rings (SSSR count). The first-order valence-corrected chi connectivity index (χ1v) is 9.76. The summed E-state index contributed by atoms with van der Waals surface area (Å²) in [6.07, 6.45) is -4.05. The van der Waals surface area contributed by atoms with Crippen molar-refractivity contribution < 1.29 is 30.8 Å². The van der Waals surface area contributed by atoms with E-state index in [9.17, 15) is 30.8 Å². The minimum atomic E-state index is -5.00. The maximum atomic E-state index is 13.6. The highest BCUT2D eigenvalue weighted by molar-refractivity contribution is 7.90. The Morgan fingerprint density at radius 1 is 1.10 bits per heavy atom. The van der Waals surface area contributed by atoms with Crippen molar-refractivity contribution in [3.05, 3.63) is 65.7 Å². The largest absolute Gasteiger partial charge is 0.435 e. The van der Waals surface area contributed by atoms with E-state index in [0.29, 0.717) is 4.68 Å². The summed E-state index contributed by atoms with van der Waals surface area (Å²) in [4.78, 5) is 12.3. The predicted molar refractivity (Wildman–Crippen MR) is 93.8 cm³/mol. The number of aromatic nitrogens is 3. The molecule has 29 heavy (non-hydrogen) atoms. The van der Waals surface area contributed by atoms with Gasteiger partial charge in [-0.25, -0.2) is 17.5 Å². The second-order valence-electron chi connectivity index (χ2n) is 5.93. The molecule has 0 aliphatic heterocycles. The average Bonchev–Trinajstić information content (AvgIpc) is 3.07. The minimum absolute atomic E-state index is 0.0395. The number of nitrogens with one attached hydrogen (secondary N) is 1. The summed E-state index contributed by atoms with van der Waals surface area (Å²) in [5.41, 5.74) is -2.67. The van der Waals surface area contributed by atoms with Crippen LogP contribution in [0.5, 0.6) is 0 Å². The predicted octanol–water partition coefficient (Wildman–Crippen LogP) is 3.08. The van der Waals surface area contributed by atoms with E-state index in [1.807, 2.05) is 0 Å². The molecule has 0 spiro atoms. The van der Waals surface area contributed by atoms with Crippen LogP contribution in [0.4, 0.5) is 23.2 Å². The number of hydrogen-bond donors (Lipinski definition) is 1. The van der Waals surface area contributed by atoms with Crippen LogP contribution >= 0.6 is 0 Å². The highest BCUT2D eigenvalue weighted by Gasteiger charge is 2.42. The van der Waals surface area contributed by atoms with E-state index >= 15 is 0 Å². The van der Waals surface area contributed by atoms with Crippen molar-refractivity contribution in [2.45, 2.75) is 11.1 Å². The Hall–Kier alpha value is -3.28. The van der Waals surface area contributed by atoms with Crippen molar-refractivity contribution in [2.75, 3.05) is 11.6 Å².